The van der Waals surface area contributed by atoms with E-state index in [-0.39, 0.29) is 0 Å². The van der Waals surface area contributed by atoms with Crippen LogP contribution in [-0.2, 0) is 0 Å². The van der Waals surface area contributed by atoms with Crippen LogP contribution in [0.5, 0.6) is 0 Å². The lowest BCUT2D eigenvalue weighted by molar-refractivity contribution is 0.443. The minimum Gasteiger partial charge on any atom is -0.384 e. The molecule has 84 valence electrons. The highest BCUT2D eigenvalue weighted by atomic mass is 14.8. The van der Waals surface area contributed by atoms with Crippen molar-refractivity contribution in [2.45, 2.75) is 51.9 Å². The number of anilines is 1. The Balaban J connectivity index is 0.000000531. The third-order valence-electron chi connectivity index (χ3n) is 2.89. The summed E-state index contributed by atoms with van der Waals surface area (Å²) in [6.07, 6.45) is 8.73. The van der Waals surface area contributed by atoms with E-state index < -0.39 is 0 Å². The van der Waals surface area contributed by atoms with Gasteiger partial charge in [0.05, 0.1) is 0 Å². The van der Waals surface area contributed by atoms with Crippen LogP contribution in [0.3, 0.4) is 0 Å². The Labute approximate surface area is 92.9 Å². The molecule has 2 heteroatoms. The van der Waals surface area contributed by atoms with E-state index in [1.54, 1.807) is 0 Å². The fourth-order valence-corrected chi connectivity index (χ4v) is 2.09. The molecule has 0 bridgehead atoms. The first-order chi connectivity index (χ1) is 7.36. The van der Waals surface area contributed by atoms with E-state index in [9.17, 15) is 0 Å². The summed E-state index contributed by atoms with van der Waals surface area (Å²) in [5, 5.41) is 0. The largest absolute Gasteiger partial charge is 0.384 e. The molecule has 2 N–H and O–H groups in total. The molecule has 0 aromatic carbocycles. The van der Waals surface area contributed by atoms with Crippen molar-refractivity contribution in [1.82, 2.24) is 4.98 Å². The number of nitrogens with zero attached hydrogens (tertiary/aromatic N) is 1. The van der Waals surface area contributed by atoms with Crippen molar-refractivity contribution in [2.24, 2.45) is 0 Å². The van der Waals surface area contributed by atoms with Gasteiger partial charge in [0.25, 0.3) is 0 Å². The van der Waals surface area contributed by atoms with E-state index >= 15 is 0 Å². The second-order valence-electron chi connectivity index (χ2n) is 3.85. The van der Waals surface area contributed by atoms with Crippen LogP contribution in [0, 0.1) is 0 Å². The summed E-state index contributed by atoms with van der Waals surface area (Å²) in [6.45, 7) is 4.00. The van der Waals surface area contributed by atoms with Gasteiger partial charge < -0.3 is 5.73 Å². The van der Waals surface area contributed by atoms with E-state index in [0.717, 1.165) is 5.92 Å². The van der Waals surface area contributed by atoms with Crippen molar-refractivity contribution >= 4 is 5.82 Å². The first-order valence-electron chi connectivity index (χ1n) is 6.08. The summed E-state index contributed by atoms with van der Waals surface area (Å²) in [5.74, 6) is 1.36. The zero-order chi connectivity index (χ0) is 11.1. The van der Waals surface area contributed by atoms with Crippen LogP contribution >= 0.6 is 0 Å². The summed E-state index contributed by atoms with van der Waals surface area (Å²) in [7, 11) is 0. The predicted octanol–water partition coefficient (Wildman–Crippen LogP) is 3.74. The van der Waals surface area contributed by atoms with Crippen LogP contribution in [0.25, 0.3) is 0 Å². The number of pyridine rings is 1. The summed E-state index contributed by atoms with van der Waals surface area (Å²) in [5.41, 5.74) is 6.91. The minimum absolute atomic E-state index is 0.625. The molecule has 0 unspecified atom stereocenters. The number of aromatic nitrogens is 1. The SMILES string of the molecule is CC.Nc1ccc(C2CCCCC2)cn1. The van der Waals surface area contributed by atoms with Crippen molar-refractivity contribution in [3.05, 3.63) is 23.9 Å². The molecule has 0 radical (unpaired) electrons. The fraction of sp³-hybridized carbons (Fsp3) is 0.615. The third-order valence-corrected chi connectivity index (χ3v) is 2.89. The minimum atomic E-state index is 0.625. The van der Waals surface area contributed by atoms with Gasteiger partial charge in [-0.25, -0.2) is 4.98 Å². The lowest BCUT2D eigenvalue weighted by Gasteiger charge is -2.21. The summed E-state index contributed by atoms with van der Waals surface area (Å²) >= 11 is 0. The molecule has 0 spiro atoms. The van der Waals surface area contributed by atoms with Crippen LogP contribution in [0.1, 0.15) is 57.4 Å². The number of hydrogen-bond acceptors (Lipinski definition) is 2. The summed E-state index contributed by atoms with van der Waals surface area (Å²) in [6, 6.07) is 4.03. The molecule has 1 aromatic heterocycles. The molecule has 1 aliphatic rings. The van der Waals surface area contributed by atoms with E-state index in [2.05, 4.69) is 11.1 Å². The molecule has 1 saturated carbocycles. The number of hydrogen-bond donors (Lipinski definition) is 1. The van der Waals surface area contributed by atoms with Crippen molar-refractivity contribution in [1.29, 1.82) is 0 Å². The van der Waals surface area contributed by atoms with E-state index in [1.807, 2.05) is 26.1 Å². The molecule has 1 aliphatic carbocycles. The molecule has 0 saturated heterocycles. The predicted molar refractivity (Wildman–Crippen MR) is 65.8 cm³/mol. The van der Waals surface area contributed by atoms with Gasteiger partial charge in [0, 0.05) is 6.20 Å². The second-order valence-corrected chi connectivity index (χ2v) is 3.85. The smallest absolute Gasteiger partial charge is 0.123 e. The Morgan fingerprint density at radius 1 is 1.13 bits per heavy atom. The fourth-order valence-electron chi connectivity index (χ4n) is 2.09. The van der Waals surface area contributed by atoms with Gasteiger partial charge in [-0.2, -0.15) is 0 Å². The normalized spacial score (nSPS) is 16.7. The van der Waals surface area contributed by atoms with Crippen LogP contribution in [0.2, 0.25) is 0 Å². The lowest BCUT2D eigenvalue weighted by Crippen LogP contribution is -2.05. The third kappa shape index (κ3) is 3.54. The Morgan fingerprint density at radius 2 is 1.80 bits per heavy atom. The lowest BCUT2D eigenvalue weighted by atomic mass is 9.85. The van der Waals surface area contributed by atoms with Gasteiger partial charge in [0.1, 0.15) is 5.82 Å². The molecule has 1 aromatic rings. The maximum atomic E-state index is 5.55. The van der Waals surface area contributed by atoms with Crippen molar-refractivity contribution in [2.75, 3.05) is 5.73 Å². The number of rotatable bonds is 1. The monoisotopic (exact) mass is 206 g/mol. The number of nitrogens with two attached hydrogens (primary N) is 1. The topological polar surface area (TPSA) is 38.9 Å². The highest BCUT2D eigenvalue weighted by Gasteiger charge is 2.15. The Bertz CT molecular complexity index is 260. The van der Waals surface area contributed by atoms with Gasteiger partial charge in [0.2, 0.25) is 0 Å². The molecule has 1 heterocycles. The molecule has 15 heavy (non-hydrogen) atoms. The standard InChI is InChI=1S/C11H16N2.C2H6/c12-11-7-6-10(8-13-11)9-4-2-1-3-5-9;1-2/h6-9H,1-5H2,(H2,12,13);1-2H3. The molecule has 1 fully saturated rings. The second kappa shape index (κ2) is 6.44. The molecule has 2 nitrogen and oxygen atoms in total. The Morgan fingerprint density at radius 3 is 2.33 bits per heavy atom. The highest BCUT2D eigenvalue weighted by molar-refractivity contribution is 5.30. The molecule has 0 amide bonds. The maximum Gasteiger partial charge on any atom is 0.123 e. The van der Waals surface area contributed by atoms with Crippen LogP contribution < -0.4 is 5.73 Å². The van der Waals surface area contributed by atoms with Crippen LogP contribution in [0.4, 0.5) is 5.82 Å². The average Bonchev–Trinajstić information content (AvgIpc) is 2.34. The quantitative estimate of drug-likeness (QED) is 0.760. The zero-order valence-electron chi connectivity index (χ0n) is 9.87. The van der Waals surface area contributed by atoms with Gasteiger partial charge in [-0.1, -0.05) is 39.2 Å². The van der Waals surface area contributed by atoms with Crippen molar-refractivity contribution < 1.29 is 0 Å². The summed E-state index contributed by atoms with van der Waals surface area (Å²) < 4.78 is 0. The van der Waals surface area contributed by atoms with Gasteiger partial charge >= 0.3 is 0 Å². The van der Waals surface area contributed by atoms with Gasteiger partial charge in [0.15, 0.2) is 0 Å². The number of nitrogen functional groups attached to an aromatic ring is 1. The van der Waals surface area contributed by atoms with Gasteiger partial charge in [-0.05, 0) is 30.4 Å². The highest BCUT2D eigenvalue weighted by Crippen LogP contribution is 2.32. The Hall–Kier alpha value is -1.05. The van der Waals surface area contributed by atoms with Gasteiger partial charge in [-0.15, -0.1) is 0 Å². The zero-order valence-corrected chi connectivity index (χ0v) is 9.87. The van der Waals surface area contributed by atoms with E-state index in [0.29, 0.717) is 5.82 Å². The first kappa shape index (κ1) is 12.0. The van der Waals surface area contributed by atoms with Crippen LogP contribution in [-0.4, -0.2) is 4.98 Å². The average molecular weight is 206 g/mol. The van der Waals surface area contributed by atoms with Crippen molar-refractivity contribution in [3.8, 4) is 0 Å². The van der Waals surface area contributed by atoms with Crippen LogP contribution in [0.15, 0.2) is 18.3 Å². The molecule has 0 atom stereocenters. The first-order valence-corrected chi connectivity index (χ1v) is 6.08. The Kier molecular flexibility index (Phi) is 5.16. The molecule has 0 aliphatic heterocycles. The van der Waals surface area contributed by atoms with Gasteiger partial charge in [-0.3, -0.25) is 0 Å². The summed E-state index contributed by atoms with van der Waals surface area (Å²) in [4.78, 5) is 4.13. The maximum absolute atomic E-state index is 5.55. The molecular weight excluding hydrogens is 184 g/mol. The molecule has 2 rings (SSSR count). The van der Waals surface area contributed by atoms with E-state index in [1.165, 1.54) is 37.7 Å². The van der Waals surface area contributed by atoms with E-state index in [4.69, 9.17) is 5.73 Å². The van der Waals surface area contributed by atoms with Crippen molar-refractivity contribution in [3.63, 3.8) is 0 Å². The molecular formula is C13H22N2.